The Balaban J connectivity index is 1.38. The van der Waals surface area contributed by atoms with E-state index in [-0.39, 0.29) is 5.91 Å². The summed E-state index contributed by atoms with van der Waals surface area (Å²) >= 11 is 0. The molecule has 0 bridgehead atoms. The number of nitrogens with zero attached hydrogens (tertiary/aromatic N) is 3. The molecule has 1 atom stereocenters. The van der Waals surface area contributed by atoms with E-state index in [1.54, 1.807) is 0 Å². The second-order valence-corrected chi connectivity index (χ2v) is 7.19. The maximum atomic E-state index is 12.8. The van der Waals surface area contributed by atoms with E-state index in [0.717, 1.165) is 32.6 Å². The van der Waals surface area contributed by atoms with Gasteiger partial charge in [0.05, 0.1) is 5.69 Å². The lowest BCUT2D eigenvalue weighted by Crippen LogP contribution is -2.53. The van der Waals surface area contributed by atoms with Crippen molar-refractivity contribution >= 4 is 5.91 Å². The van der Waals surface area contributed by atoms with Crippen LogP contribution in [0.25, 0.3) is 0 Å². The first-order valence-electron chi connectivity index (χ1n) is 9.16. The molecule has 1 aromatic carbocycles. The van der Waals surface area contributed by atoms with Crippen LogP contribution in [-0.4, -0.2) is 53.1 Å². The van der Waals surface area contributed by atoms with E-state index in [0.29, 0.717) is 23.1 Å². The van der Waals surface area contributed by atoms with Crippen molar-refractivity contribution in [3.63, 3.8) is 0 Å². The molecule has 25 heavy (non-hydrogen) atoms. The molecule has 0 saturated carbocycles. The van der Waals surface area contributed by atoms with E-state index >= 15 is 0 Å². The fraction of sp³-hybridized carbons (Fsp3) is 0.500. The second-order valence-electron chi connectivity index (χ2n) is 7.19. The lowest BCUT2D eigenvalue weighted by Gasteiger charge is -2.41. The van der Waals surface area contributed by atoms with Gasteiger partial charge in [0.15, 0.2) is 0 Å². The molecule has 1 aliphatic heterocycles. The number of fused-ring (bicyclic) bond motifs is 1. The molecular formula is C20H25N3O2. The fourth-order valence-electron chi connectivity index (χ4n) is 4.23. The zero-order valence-electron chi connectivity index (χ0n) is 15.0. The van der Waals surface area contributed by atoms with Gasteiger partial charge in [-0.05, 0) is 44.2 Å². The molecule has 2 aromatic rings. The number of rotatable bonds is 2. The van der Waals surface area contributed by atoms with Gasteiger partial charge in [-0.2, -0.15) is 0 Å². The molecular weight excluding hydrogens is 314 g/mol. The maximum Gasteiger partial charge on any atom is 0.259 e. The molecule has 1 amide bonds. The van der Waals surface area contributed by atoms with Gasteiger partial charge in [-0.15, -0.1) is 0 Å². The van der Waals surface area contributed by atoms with Crippen molar-refractivity contribution in [1.82, 2.24) is 15.0 Å². The third kappa shape index (κ3) is 3.09. The molecule has 2 heterocycles. The minimum absolute atomic E-state index is 0.0601. The quantitative estimate of drug-likeness (QED) is 0.844. The molecule has 1 fully saturated rings. The minimum atomic E-state index is 0.0601. The number of hydrogen-bond acceptors (Lipinski definition) is 4. The summed E-state index contributed by atoms with van der Waals surface area (Å²) in [4.78, 5) is 17.3. The number of hydrogen-bond donors (Lipinski definition) is 0. The molecule has 1 aliphatic carbocycles. The lowest BCUT2D eigenvalue weighted by molar-refractivity contribution is 0.0551. The van der Waals surface area contributed by atoms with Crippen LogP contribution in [0, 0.1) is 13.8 Å². The van der Waals surface area contributed by atoms with E-state index < -0.39 is 0 Å². The Morgan fingerprint density at radius 2 is 1.84 bits per heavy atom. The van der Waals surface area contributed by atoms with Gasteiger partial charge in [-0.1, -0.05) is 29.4 Å². The number of carbonyl (C=O) groups is 1. The Hall–Kier alpha value is -2.14. The van der Waals surface area contributed by atoms with E-state index in [9.17, 15) is 4.79 Å². The number of aromatic nitrogens is 1. The molecule has 1 aromatic heterocycles. The number of benzene rings is 1. The summed E-state index contributed by atoms with van der Waals surface area (Å²) in [6, 6.07) is 9.40. The third-order valence-electron chi connectivity index (χ3n) is 5.69. The van der Waals surface area contributed by atoms with Gasteiger partial charge in [0.25, 0.3) is 5.91 Å². The van der Waals surface area contributed by atoms with Gasteiger partial charge in [-0.3, -0.25) is 9.69 Å². The molecule has 5 nitrogen and oxygen atoms in total. The Morgan fingerprint density at radius 3 is 2.52 bits per heavy atom. The van der Waals surface area contributed by atoms with Crippen molar-refractivity contribution in [3.05, 3.63) is 52.4 Å². The predicted molar refractivity (Wildman–Crippen MR) is 95.7 cm³/mol. The molecule has 5 heteroatoms. The molecule has 0 spiro atoms. The molecule has 4 rings (SSSR count). The number of carbonyl (C=O) groups excluding carboxylic acids is 1. The fourth-order valence-corrected chi connectivity index (χ4v) is 4.23. The average molecular weight is 339 g/mol. The van der Waals surface area contributed by atoms with E-state index in [1.165, 1.54) is 24.0 Å². The first-order valence-corrected chi connectivity index (χ1v) is 9.16. The first kappa shape index (κ1) is 16.3. The highest BCUT2D eigenvalue weighted by Crippen LogP contribution is 2.25. The Morgan fingerprint density at radius 1 is 1.12 bits per heavy atom. The summed E-state index contributed by atoms with van der Waals surface area (Å²) in [7, 11) is 0. The molecule has 0 radical (unpaired) electrons. The van der Waals surface area contributed by atoms with Gasteiger partial charge < -0.3 is 9.42 Å². The molecule has 2 aliphatic rings. The van der Waals surface area contributed by atoms with Crippen LogP contribution in [0.1, 0.15) is 39.4 Å². The van der Waals surface area contributed by atoms with Crippen LogP contribution in [0.2, 0.25) is 0 Å². The minimum Gasteiger partial charge on any atom is -0.361 e. The predicted octanol–water partition coefficient (Wildman–Crippen LogP) is 2.61. The Bertz CT molecular complexity index is 755. The van der Waals surface area contributed by atoms with Gasteiger partial charge in [0.2, 0.25) is 0 Å². The van der Waals surface area contributed by atoms with Crippen molar-refractivity contribution in [2.75, 3.05) is 26.2 Å². The lowest BCUT2D eigenvalue weighted by atomic mass is 9.87. The highest BCUT2D eigenvalue weighted by atomic mass is 16.5. The average Bonchev–Trinajstić information content (AvgIpc) is 2.99. The zero-order chi connectivity index (χ0) is 17.4. The summed E-state index contributed by atoms with van der Waals surface area (Å²) in [5, 5.41) is 3.91. The highest BCUT2D eigenvalue weighted by Gasteiger charge is 2.30. The van der Waals surface area contributed by atoms with Crippen LogP contribution in [0.4, 0.5) is 0 Å². The summed E-state index contributed by atoms with van der Waals surface area (Å²) in [6.45, 7) is 7.09. The number of amides is 1. The van der Waals surface area contributed by atoms with Crippen LogP contribution >= 0.6 is 0 Å². The van der Waals surface area contributed by atoms with Gasteiger partial charge >= 0.3 is 0 Å². The molecule has 0 unspecified atom stereocenters. The van der Waals surface area contributed by atoms with E-state index in [4.69, 9.17) is 4.52 Å². The zero-order valence-corrected chi connectivity index (χ0v) is 15.0. The van der Waals surface area contributed by atoms with E-state index in [2.05, 4.69) is 34.3 Å². The van der Waals surface area contributed by atoms with Crippen LogP contribution in [0.5, 0.6) is 0 Å². The largest absolute Gasteiger partial charge is 0.361 e. The van der Waals surface area contributed by atoms with Crippen molar-refractivity contribution in [2.45, 2.75) is 39.2 Å². The summed E-state index contributed by atoms with van der Waals surface area (Å²) < 4.78 is 5.15. The Kier molecular flexibility index (Phi) is 4.34. The Labute approximate surface area is 148 Å². The monoisotopic (exact) mass is 339 g/mol. The number of piperazine rings is 1. The summed E-state index contributed by atoms with van der Waals surface area (Å²) in [6.07, 6.45) is 3.52. The molecule has 1 saturated heterocycles. The van der Waals surface area contributed by atoms with Crippen molar-refractivity contribution in [3.8, 4) is 0 Å². The smallest absolute Gasteiger partial charge is 0.259 e. The van der Waals surface area contributed by atoms with Crippen LogP contribution < -0.4 is 0 Å². The van der Waals surface area contributed by atoms with Crippen molar-refractivity contribution in [1.29, 1.82) is 0 Å². The van der Waals surface area contributed by atoms with Gasteiger partial charge in [-0.25, -0.2) is 0 Å². The summed E-state index contributed by atoms with van der Waals surface area (Å²) in [5.41, 5.74) is 4.33. The van der Waals surface area contributed by atoms with Crippen molar-refractivity contribution in [2.24, 2.45) is 0 Å². The second kappa shape index (κ2) is 6.64. The topological polar surface area (TPSA) is 49.6 Å². The van der Waals surface area contributed by atoms with Gasteiger partial charge in [0.1, 0.15) is 11.3 Å². The molecule has 132 valence electrons. The number of aryl methyl sites for hydroxylation is 3. The maximum absolute atomic E-state index is 12.8. The highest BCUT2D eigenvalue weighted by molar-refractivity contribution is 5.96. The van der Waals surface area contributed by atoms with Crippen molar-refractivity contribution < 1.29 is 9.32 Å². The van der Waals surface area contributed by atoms with Crippen LogP contribution in [0.3, 0.4) is 0 Å². The summed E-state index contributed by atoms with van der Waals surface area (Å²) in [5.74, 6) is 0.679. The SMILES string of the molecule is Cc1noc(C)c1C(=O)N1CCN([C@H]2CCc3ccccc3C2)CC1. The van der Waals surface area contributed by atoms with Crippen LogP contribution in [0.15, 0.2) is 28.8 Å². The molecule has 0 N–H and O–H groups in total. The van der Waals surface area contributed by atoms with Crippen LogP contribution in [-0.2, 0) is 12.8 Å². The first-order chi connectivity index (χ1) is 12.1. The normalized spacial score (nSPS) is 21.2. The van der Waals surface area contributed by atoms with E-state index in [1.807, 2.05) is 18.7 Å². The third-order valence-corrected chi connectivity index (χ3v) is 5.69. The standard InChI is InChI=1S/C20H25N3O2/c1-14-19(15(2)25-21-14)20(24)23-11-9-22(10-12-23)18-8-7-16-5-3-4-6-17(16)13-18/h3-6,18H,7-13H2,1-2H3/t18-/m0/s1. The van der Waals surface area contributed by atoms with Gasteiger partial charge in [0, 0.05) is 32.2 Å².